The van der Waals surface area contributed by atoms with Crippen molar-refractivity contribution in [3.8, 4) is 0 Å². The molecule has 4 heteroatoms. The van der Waals surface area contributed by atoms with Crippen molar-refractivity contribution in [1.29, 1.82) is 0 Å². The third-order valence-electron chi connectivity index (χ3n) is 2.06. The van der Waals surface area contributed by atoms with Crippen molar-refractivity contribution >= 4 is 17.3 Å². The first kappa shape index (κ1) is 11.2. The predicted molar refractivity (Wildman–Crippen MR) is 57.3 cm³/mol. The molecule has 0 fully saturated rings. The molecule has 1 N–H and O–H groups in total. The first-order chi connectivity index (χ1) is 6.56. The van der Waals surface area contributed by atoms with Crippen LogP contribution in [0.25, 0.3) is 0 Å². The fourth-order valence-corrected chi connectivity index (χ4v) is 1.43. The number of hydrogen-bond donors (Lipinski definition) is 1. The summed E-state index contributed by atoms with van der Waals surface area (Å²) in [6, 6.07) is 3.89. The van der Waals surface area contributed by atoms with Crippen LogP contribution in [-0.2, 0) is 16.1 Å². The van der Waals surface area contributed by atoms with E-state index in [0.29, 0.717) is 6.61 Å². The first-order valence-electron chi connectivity index (χ1n) is 4.45. The number of thiophene rings is 1. The van der Waals surface area contributed by atoms with Crippen LogP contribution >= 0.6 is 11.3 Å². The van der Waals surface area contributed by atoms with E-state index in [4.69, 9.17) is 4.74 Å². The zero-order chi connectivity index (χ0) is 10.6. The summed E-state index contributed by atoms with van der Waals surface area (Å²) in [5, 5.41) is 4.86. The Labute approximate surface area is 88.1 Å². The molecule has 1 rings (SSSR count). The summed E-state index contributed by atoms with van der Waals surface area (Å²) in [6.07, 6.45) is 0. The fourth-order valence-electron chi connectivity index (χ4n) is 0.814. The Morgan fingerprint density at radius 3 is 2.86 bits per heavy atom. The second-order valence-electron chi connectivity index (χ2n) is 3.53. The molecule has 0 aliphatic carbocycles. The number of carbonyl (C=O) groups excluding carboxylic acids is 1. The van der Waals surface area contributed by atoms with Crippen molar-refractivity contribution < 1.29 is 9.53 Å². The number of likely N-dealkylation sites (N-methyl/N-ethyl adjacent to an activating group) is 1. The number of esters is 1. The maximum Gasteiger partial charge on any atom is 0.326 e. The molecular formula is C10H15NO2S. The molecule has 0 radical (unpaired) electrons. The molecule has 0 spiro atoms. The lowest BCUT2D eigenvalue weighted by Gasteiger charge is -2.21. The lowest BCUT2D eigenvalue weighted by molar-refractivity contribution is -0.151. The van der Waals surface area contributed by atoms with Gasteiger partial charge in [0.1, 0.15) is 12.1 Å². The minimum Gasteiger partial charge on any atom is -0.459 e. The minimum absolute atomic E-state index is 0.228. The van der Waals surface area contributed by atoms with Crippen molar-refractivity contribution in [2.45, 2.75) is 26.0 Å². The monoisotopic (exact) mass is 213 g/mol. The smallest absolute Gasteiger partial charge is 0.326 e. The van der Waals surface area contributed by atoms with E-state index in [2.05, 4.69) is 5.32 Å². The maximum absolute atomic E-state index is 11.5. The molecule has 3 nitrogen and oxygen atoms in total. The number of ether oxygens (including phenoxy) is 1. The van der Waals surface area contributed by atoms with Gasteiger partial charge in [0.15, 0.2) is 0 Å². The van der Waals surface area contributed by atoms with Crippen molar-refractivity contribution in [3.63, 3.8) is 0 Å². The predicted octanol–water partition coefficient (Wildman–Crippen LogP) is 1.79. The molecule has 0 aliphatic heterocycles. The van der Waals surface area contributed by atoms with Gasteiger partial charge in [0, 0.05) is 4.88 Å². The third kappa shape index (κ3) is 2.82. The second kappa shape index (κ2) is 4.57. The Bertz CT molecular complexity index is 293. The Morgan fingerprint density at radius 2 is 2.36 bits per heavy atom. The van der Waals surface area contributed by atoms with E-state index in [1.165, 1.54) is 0 Å². The Balaban J connectivity index is 2.43. The quantitative estimate of drug-likeness (QED) is 0.775. The molecule has 0 unspecified atom stereocenters. The summed E-state index contributed by atoms with van der Waals surface area (Å²) >= 11 is 1.59. The van der Waals surface area contributed by atoms with Crippen LogP contribution in [0.3, 0.4) is 0 Å². The molecule has 0 bridgehead atoms. The van der Waals surface area contributed by atoms with Crippen LogP contribution in [0.1, 0.15) is 18.7 Å². The van der Waals surface area contributed by atoms with Crippen LogP contribution in [0.4, 0.5) is 0 Å². The lowest BCUT2D eigenvalue weighted by Crippen LogP contribution is -2.45. The Hall–Kier alpha value is -0.870. The summed E-state index contributed by atoms with van der Waals surface area (Å²) in [6.45, 7) is 3.95. The highest BCUT2D eigenvalue weighted by Gasteiger charge is 2.26. The molecule has 1 heterocycles. The summed E-state index contributed by atoms with van der Waals surface area (Å²) in [5.41, 5.74) is -0.614. The zero-order valence-corrected chi connectivity index (χ0v) is 9.48. The first-order valence-corrected chi connectivity index (χ1v) is 5.33. The molecule has 0 aliphatic rings. The van der Waals surface area contributed by atoms with Crippen LogP contribution in [0.2, 0.25) is 0 Å². The number of hydrogen-bond acceptors (Lipinski definition) is 4. The van der Waals surface area contributed by atoms with E-state index < -0.39 is 5.54 Å². The van der Waals surface area contributed by atoms with Gasteiger partial charge in [-0.3, -0.25) is 4.79 Å². The van der Waals surface area contributed by atoms with Crippen molar-refractivity contribution in [2.24, 2.45) is 0 Å². The SMILES string of the molecule is CNC(C)(C)C(=O)OCc1cccs1. The average Bonchev–Trinajstić information content (AvgIpc) is 2.66. The summed E-state index contributed by atoms with van der Waals surface area (Å²) in [5.74, 6) is -0.228. The van der Waals surface area contributed by atoms with E-state index in [1.807, 2.05) is 17.5 Å². The second-order valence-corrected chi connectivity index (χ2v) is 4.56. The van der Waals surface area contributed by atoms with E-state index in [-0.39, 0.29) is 5.97 Å². The van der Waals surface area contributed by atoms with Gasteiger partial charge < -0.3 is 10.1 Å². The lowest BCUT2D eigenvalue weighted by atomic mass is 10.1. The molecule has 0 saturated carbocycles. The van der Waals surface area contributed by atoms with Crippen LogP contribution in [0, 0.1) is 0 Å². The van der Waals surface area contributed by atoms with Crippen molar-refractivity contribution in [2.75, 3.05) is 7.05 Å². The van der Waals surface area contributed by atoms with Gasteiger partial charge in [-0.25, -0.2) is 0 Å². The van der Waals surface area contributed by atoms with E-state index in [0.717, 1.165) is 4.88 Å². The molecule has 14 heavy (non-hydrogen) atoms. The summed E-state index contributed by atoms with van der Waals surface area (Å²) in [7, 11) is 1.74. The number of rotatable bonds is 4. The number of nitrogens with one attached hydrogen (secondary N) is 1. The Kier molecular flexibility index (Phi) is 3.66. The normalized spacial score (nSPS) is 11.4. The highest BCUT2D eigenvalue weighted by atomic mass is 32.1. The highest BCUT2D eigenvalue weighted by molar-refractivity contribution is 7.09. The van der Waals surface area contributed by atoms with Crippen LogP contribution in [0.15, 0.2) is 17.5 Å². The summed E-state index contributed by atoms with van der Waals surface area (Å²) < 4.78 is 5.15. The van der Waals surface area contributed by atoms with E-state index in [9.17, 15) is 4.79 Å². The van der Waals surface area contributed by atoms with Gasteiger partial charge in [-0.2, -0.15) is 0 Å². The summed E-state index contributed by atoms with van der Waals surface area (Å²) in [4.78, 5) is 12.6. The van der Waals surface area contributed by atoms with Crippen LogP contribution < -0.4 is 5.32 Å². The van der Waals surface area contributed by atoms with Gasteiger partial charge in [-0.1, -0.05) is 6.07 Å². The molecule has 1 aromatic heterocycles. The van der Waals surface area contributed by atoms with Gasteiger partial charge in [0.2, 0.25) is 0 Å². The van der Waals surface area contributed by atoms with Gasteiger partial charge in [-0.15, -0.1) is 11.3 Å². The largest absolute Gasteiger partial charge is 0.459 e. The molecule has 1 aromatic rings. The molecule has 78 valence electrons. The minimum atomic E-state index is -0.614. The van der Waals surface area contributed by atoms with E-state index >= 15 is 0 Å². The molecule has 0 atom stereocenters. The standard InChI is InChI=1S/C10H15NO2S/c1-10(2,11-3)9(12)13-7-8-5-4-6-14-8/h4-6,11H,7H2,1-3H3. The van der Waals surface area contributed by atoms with Gasteiger partial charge >= 0.3 is 5.97 Å². The average molecular weight is 213 g/mol. The molecular weight excluding hydrogens is 198 g/mol. The topological polar surface area (TPSA) is 38.3 Å². The highest BCUT2D eigenvalue weighted by Crippen LogP contribution is 2.12. The zero-order valence-electron chi connectivity index (χ0n) is 8.66. The van der Waals surface area contributed by atoms with Gasteiger partial charge in [0.25, 0.3) is 0 Å². The maximum atomic E-state index is 11.5. The van der Waals surface area contributed by atoms with E-state index in [1.54, 1.807) is 32.2 Å². The molecule has 0 aromatic carbocycles. The van der Waals surface area contributed by atoms with Crippen molar-refractivity contribution in [3.05, 3.63) is 22.4 Å². The Morgan fingerprint density at radius 1 is 1.64 bits per heavy atom. The molecule has 0 amide bonds. The third-order valence-corrected chi connectivity index (χ3v) is 2.91. The number of carbonyl (C=O) groups is 1. The van der Waals surface area contributed by atoms with Gasteiger partial charge in [0.05, 0.1) is 0 Å². The van der Waals surface area contributed by atoms with Crippen molar-refractivity contribution in [1.82, 2.24) is 5.32 Å². The van der Waals surface area contributed by atoms with Crippen LogP contribution in [0.5, 0.6) is 0 Å². The molecule has 0 saturated heterocycles. The van der Waals surface area contributed by atoms with Gasteiger partial charge in [-0.05, 0) is 32.3 Å². The van der Waals surface area contributed by atoms with Crippen LogP contribution in [-0.4, -0.2) is 18.6 Å². The fraction of sp³-hybridized carbons (Fsp3) is 0.500.